The van der Waals surface area contributed by atoms with Gasteiger partial charge in [0.25, 0.3) is 0 Å². The van der Waals surface area contributed by atoms with E-state index in [9.17, 15) is 4.79 Å². The van der Waals surface area contributed by atoms with E-state index in [2.05, 4.69) is 15.2 Å². The number of likely N-dealkylation sites (tertiary alicyclic amines) is 1. The first-order chi connectivity index (χ1) is 15.2. The van der Waals surface area contributed by atoms with Gasteiger partial charge in [0, 0.05) is 29.9 Å². The fourth-order valence-corrected chi connectivity index (χ4v) is 4.35. The maximum atomic E-state index is 12.5. The quantitative estimate of drug-likeness (QED) is 0.369. The second kappa shape index (κ2) is 10.6. The summed E-state index contributed by atoms with van der Waals surface area (Å²) in [4.78, 5) is 18.6. The molecule has 1 saturated heterocycles. The van der Waals surface area contributed by atoms with Gasteiger partial charge in [0.2, 0.25) is 5.91 Å². The summed E-state index contributed by atoms with van der Waals surface area (Å²) in [6.07, 6.45) is 7.19. The minimum absolute atomic E-state index is 0.184. The van der Waals surface area contributed by atoms with Gasteiger partial charge in [-0.25, -0.2) is 0 Å². The molecule has 1 aromatic carbocycles. The number of hydrogen-bond acceptors (Lipinski definition) is 6. The van der Waals surface area contributed by atoms with Crippen LogP contribution in [-0.2, 0) is 11.3 Å². The number of ether oxygens (including phenoxy) is 1. The normalized spacial score (nSPS) is 14.5. The second-order valence-electron chi connectivity index (χ2n) is 7.22. The highest BCUT2D eigenvalue weighted by molar-refractivity contribution is 7.99. The highest BCUT2D eigenvalue weighted by Crippen LogP contribution is 2.24. The number of nitrogens with zero attached hydrogens (tertiary/aromatic N) is 5. The van der Waals surface area contributed by atoms with Gasteiger partial charge in [-0.1, -0.05) is 29.8 Å². The number of carbonyl (C=O) groups excluding carboxylic acids is 1. The number of pyridine rings is 1. The van der Waals surface area contributed by atoms with Crippen LogP contribution in [0.15, 0.2) is 53.9 Å². The van der Waals surface area contributed by atoms with Crippen LogP contribution in [0.5, 0.6) is 5.75 Å². The van der Waals surface area contributed by atoms with Crippen LogP contribution in [0.25, 0.3) is 5.69 Å². The van der Waals surface area contributed by atoms with Crippen molar-refractivity contribution in [2.45, 2.75) is 37.4 Å². The Bertz CT molecular complexity index is 997. The first kappa shape index (κ1) is 21.6. The summed E-state index contributed by atoms with van der Waals surface area (Å²) in [6, 6.07) is 11.2. The van der Waals surface area contributed by atoms with Crippen molar-refractivity contribution in [1.82, 2.24) is 24.6 Å². The van der Waals surface area contributed by atoms with Crippen molar-refractivity contribution in [1.29, 1.82) is 0 Å². The van der Waals surface area contributed by atoms with Crippen LogP contribution in [0.4, 0.5) is 0 Å². The third kappa shape index (κ3) is 5.77. The summed E-state index contributed by atoms with van der Waals surface area (Å²) in [5.41, 5.74) is 0.880. The number of carbonyl (C=O) groups is 1. The van der Waals surface area contributed by atoms with Crippen molar-refractivity contribution in [2.75, 3.05) is 18.9 Å². The zero-order chi connectivity index (χ0) is 21.5. The van der Waals surface area contributed by atoms with Gasteiger partial charge in [0.15, 0.2) is 11.0 Å². The van der Waals surface area contributed by atoms with E-state index in [-0.39, 0.29) is 5.91 Å². The zero-order valence-corrected chi connectivity index (χ0v) is 18.7. The van der Waals surface area contributed by atoms with E-state index in [4.69, 9.17) is 16.3 Å². The summed E-state index contributed by atoms with van der Waals surface area (Å²) in [5, 5.41) is 10.2. The fourth-order valence-electron chi connectivity index (χ4n) is 3.44. The molecule has 2 aromatic heterocycles. The number of thioether (sulfide) groups is 1. The maximum absolute atomic E-state index is 12.5. The standard InChI is InChI=1S/C22H24ClN5O2S/c23-17-7-9-19(10-8-17)30-13-14-31-22-26-25-20(28(22)18-5-4-11-24-15-18)16-27-12-3-1-2-6-21(27)29/h4-5,7-11,15H,1-3,6,12-14,16H2. The van der Waals surface area contributed by atoms with E-state index in [1.54, 1.807) is 36.3 Å². The van der Waals surface area contributed by atoms with Crippen LogP contribution >= 0.6 is 23.4 Å². The van der Waals surface area contributed by atoms with Crippen LogP contribution in [-0.4, -0.2) is 49.5 Å². The maximum Gasteiger partial charge on any atom is 0.222 e. The van der Waals surface area contributed by atoms with Gasteiger partial charge in [-0.2, -0.15) is 0 Å². The molecule has 0 bridgehead atoms. The molecule has 0 unspecified atom stereocenters. The molecule has 1 fully saturated rings. The minimum Gasteiger partial charge on any atom is -0.493 e. The molecule has 0 N–H and O–H groups in total. The summed E-state index contributed by atoms with van der Waals surface area (Å²) in [7, 11) is 0. The molecule has 1 aliphatic rings. The van der Waals surface area contributed by atoms with Gasteiger partial charge in [-0.05, 0) is 49.2 Å². The smallest absolute Gasteiger partial charge is 0.222 e. The summed E-state index contributed by atoms with van der Waals surface area (Å²) >= 11 is 7.47. The van der Waals surface area contributed by atoms with E-state index >= 15 is 0 Å². The van der Waals surface area contributed by atoms with E-state index in [0.29, 0.717) is 30.3 Å². The summed E-state index contributed by atoms with van der Waals surface area (Å²) in [6.45, 7) is 1.73. The van der Waals surface area contributed by atoms with Gasteiger partial charge in [-0.15, -0.1) is 10.2 Å². The highest BCUT2D eigenvalue weighted by Gasteiger charge is 2.22. The highest BCUT2D eigenvalue weighted by atomic mass is 35.5. The molecular weight excluding hydrogens is 434 g/mol. The van der Waals surface area contributed by atoms with Gasteiger partial charge in [0.1, 0.15) is 5.75 Å². The molecule has 0 saturated carbocycles. The Morgan fingerprint density at radius 3 is 2.77 bits per heavy atom. The third-order valence-corrected chi connectivity index (χ3v) is 6.15. The molecule has 7 nitrogen and oxygen atoms in total. The van der Waals surface area contributed by atoms with Crippen molar-refractivity contribution >= 4 is 29.3 Å². The molecule has 0 radical (unpaired) electrons. The Kier molecular flexibility index (Phi) is 7.43. The minimum atomic E-state index is 0.184. The van der Waals surface area contributed by atoms with Crippen LogP contribution in [0.1, 0.15) is 31.5 Å². The number of aromatic nitrogens is 4. The molecule has 162 valence electrons. The molecular formula is C22H24ClN5O2S. The van der Waals surface area contributed by atoms with Crippen molar-refractivity contribution in [3.8, 4) is 11.4 Å². The molecule has 0 atom stereocenters. The van der Waals surface area contributed by atoms with Gasteiger partial charge >= 0.3 is 0 Å². The first-order valence-corrected chi connectivity index (χ1v) is 11.7. The third-order valence-electron chi connectivity index (χ3n) is 5.01. The molecule has 0 aliphatic carbocycles. The lowest BCUT2D eigenvalue weighted by Crippen LogP contribution is -2.31. The number of halogens is 1. The molecule has 31 heavy (non-hydrogen) atoms. The molecule has 9 heteroatoms. The molecule has 0 spiro atoms. The number of amides is 1. The predicted octanol–water partition coefficient (Wildman–Crippen LogP) is 4.39. The largest absolute Gasteiger partial charge is 0.493 e. The van der Waals surface area contributed by atoms with E-state index in [1.807, 2.05) is 33.7 Å². The van der Waals surface area contributed by atoms with E-state index in [0.717, 1.165) is 48.2 Å². The molecule has 3 heterocycles. The van der Waals surface area contributed by atoms with Crippen molar-refractivity contribution in [3.63, 3.8) is 0 Å². The second-order valence-corrected chi connectivity index (χ2v) is 8.72. The van der Waals surface area contributed by atoms with Crippen LogP contribution < -0.4 is 4.74 Å². The monoisotopic (exact) mass is 457 g/mol. The number of rotatable bonds is 8. The lowest BCUT2D eigenvalue weighted by atomic mass is 10.2. The van der Waals surface area contributed by atoms with Crippen LogP contribution in [0.2, 0.25) is 5.02 Å². The van der Waals surface area contributed by atoms with Crippen molar-refractivity contribution < 1.29 is 9.53 Å². The van der Waals surface area contributed by atoms with Crippen molar-refractivity contribution in [2.24, 2.45) is 0 Å². The van der Waals surface area contributed by atoms with Crippen LogP contribution in [0, 0.1) is 0 Å². The zero-order valence-electron chi connectivity index (χ0n) is 17.1. The average molecular weight is 458 g/mol. The molecule has 3 aromatic rings. The summed E-state index contributed by atoms with van der Waals surface area (Å²) in [5.74, 6) is 2.40. The predicted molar refractivity (Wildman–Crippen MR) is 121 cm³/mol. The van der Waals surface area contributed by atoms with E-state index < -0.39 is 0 Å². The Balaban J connectivity index is 1.46. The average Bonchev–Trinajstić information content (AvgIpc) is 3.08. The van der Waals surface area contributed by atoms with Gasteiger partial charge in [0.05, 0.1) is 25.0 Å². The SMILES string of the molecule is O=C1CCCCCN1Cc1nnc(SCCOc2ccc(Cl)cc2)n1-c1cccnc1. The Labute approximate surface area is 190 Å². The number of benzene rings is 1. The van der Waals surface area contributed by atoms with Crippen LogP contribution in [0.3, 0.4) is 0 Å². The van der Waals surface area contributed by atoms with Crippen molar-refractivity contribution in [3.05, 3.63) is 59.6 Å². The first-order valence-electron chi connectivity index (χ1n) is 10.3. The lowest BCUT2D eigenvalue weighted by Gasteiger charge is -2.20. The van der Waals surface area contributed by atoms with E-state index in [1.165, 1.54) is 0 Å². The Morgan fingerprint density at radius 1 is 1.10 bits per heavy atom. The number of hydrogen-bond donors (Lipinski definition) is 0. The summed E-state index contributed by atoms with van der Waals surface area (Å²) < 4.78 is 7.77. The molecule has 1 amide bonds. The topological polar surface area (TPSA) is 73.1 Å². The Hall–Kier alpha value is -2.58. The molecule has 4 rings (SSSR count). The van der Waals surface area contributed by atoms with Gasteiger partial charge in [-0.3, -0.25) is 14.3 Å². The fraction of sp³-hybridized carbons (Fsp3) is 0.364. The Morgan fingerprint density at radius 2 is 1.97 bits per heavy atom. The van der Waals surface area contributed by atoms with Gasteiger partial charge < -0.3 is 9.64 Å². The molecule has 1 aliphatic heterocycles. The lowest BCUT2D eigenvalue weighted by molar-refractivity contribution is -0.131.